The Bertz CT molecular complexity index is 862. The summed E-state index contributed by atoms with van der Waals surface area (Å²) in [5.74, 6) is 0.232. The number of amides is 2. The van der Waals surface area contributed by atoms with E-state index in [0.717, 1.165) is 19.5 Å². The van der Waals surface area contributed by atoms with Gasteiger partial charge in [0.15, 0.2) is 6.61 Å². The van der Waals surface area contributed by atoms with E-state index in [4.69, 9.17) is 16.3 Å². The molecule has 0 bridgehead atoms. The standard InChI is InChI=1S/C22H26ClN3O3/c1-3-16-4-7-18(8-5-16)29-15-21(27)24-20-14-17(6-9-19(20)23)22(28)26-12-10-25(2)11-13-26/h4-9,14H,3,10-13,15H2,1-2H3,(H,24,27). The summed E-state index contributed by atoms with van der Waals surface area (Å²) in [4.78, 5) is 29.0. The minimum atomic E-state index is -0.337. The monoisotopic (exact) mass is 415 g/mol. The molecule has 0 unspecified atom stereocenters. The Balaban J connectivity index is 1.60. The van der Waals surface area contributed by atoms with Crippen LogP contribution in [0, 0.1) is 0 Å². The Morgan fingerprint density at radius 1 is 1.07 bits per heavy atom. The van der Waals surface area contributed by atoms with E-state index in [9.17, 15) is 9.59 Å². The highest BCUT2D eigenvalue weighted by atomic mass is 35.5. The van der Waals surface area contributed by atoms with E-state index in [0.29, 0.717) is 35.1 Å². The zero-order chi connectivity index (χ0) is 20.8. The van der Waals surface area contributed by atoms with Crippen molar-refractivity contribution in [3.8, 4) is 5.75 Å². The fourth-order valence-corrected chi connectivity index (χ4v) is 3.27. The van der Waals surface area contributed by atoms with Crippen LogP contribution < -0.4 is 10.1 Å². The van der Waals surface area contributed by atoms with Crippen molar-refractivity contribution in [2.75, 3.05) is 45.2 Å². The molecule has 1 saturated heterocycles. The van der Waals surface area contributed by atoms with Gasteiger partial charge in [-0.25, -0.2) is 0 Å². The molecule has 7 heteroatoms. The molecule has 2 aromatic rings. The maximum Gasteiger partial charge on any atom is 0.262 e. The molecule has 3 rings (SSSR count). The molecule has 29 heavy (non-hydrogen) atoms. The van der Waals surface area contributed by atoms with Crippen LogP contribution >= 0.6 is 11.6 Å². The lowest BCUT2D eigenvalue weighted by molar-refractivity contribution is -0.118. The fraction of sp³-hybridized carbons (Fsp3) is 0.364. The van der Waals surface area contributed by atoms with E-state index in [1.807, 2.05) is 36.2 Å². The van der Waals surface area contributed by atoms with Crippen molar-refractivity contribution < 1.29 is 14.3 Å². The maximum absolute atomic E-state index is 12.7. The zero-order valence-electron chi connectivity index (χ0n) is 16.8. The average molecular weight is 416 g/mol. The number of rotatable bonds is 6. The second kappa shape index (κ2) is 9.76. The topological polar surface area (TPSA) is 61.9 Å². The number of nitrogens with one attached hydrogen (secondary N) is 1. The van der Waals surface area contributed by atoms with Crippen molar-refractivity contribution in [3.63, 3.8) is 0 Å². The Morgan fingerprint density at radius 2 is 1.76 bits per heavy atom. The van der Waals surface area contributed by atoms with Crippen LogP contribution in [0.25, 0.3) is 0 Å². The van der Waals surface area contributed by atoms with Gasteiger partial charge in [0.2, 0.25) is 0 Å². The van der Waals surface area contributed by atoms with E-state index in [1.54, 1.807) is 18.2 Å². The van der Waals surface area contributed by atoms with Gasteiger partial charge in [-0.3, -0.25) is 9.59 Å². The zero-order valence-corrected chi connectivity index (χ0v) is 17.5. The van der Waals surface area contributed by atoms with E-state index in [2.05, 4.69) is 17.1 Å². The molecule has 1 aliphatic rings. The first-order valence-corrected chi connectivity index (χ1v) is 10.1. The molecule has 154 valence electrons. The summed E-state index contributed by atoms with van der Waals surface area (Å²) >= 11 is 6.21. The molecule has 0 radical (unpaired) electrons. The highest BCUT2D eigenvalue weighted by Gasteiger charge is 2.21. The molecular formula is C22H26ClN3O3. The Kier molecular flexibility index (Phi) is 7.12. The van der Waals surface area contributed by atoms with Gasteiger partial charge < -0.3 is 19.9 Å². The molecule has 1 aliphatic heterocycles. The summed E-state index contributed by atoms with van der Waals surface area (Å²) in [7, 11) is 2.04. The first kappa shape index (κ1) is 21.1. The number of benzene rings is 2. The lowest BCUT2D eigenvalue weighted by Gasteiger charge is -2.32. The highest BCUT2D eigenvalue weighted by molar-refractivity contribution is 6.33. The van der Waals surface area contributed by atoms with Crippen LogP contribution in [0.4, 0.5) is 5.69 Å². The predicted molar refractivity (Wildman–Crippen MR) is 115 cm³/mol. The molecule has 0 aromatic heterocycles. The maximum atomic E-state index is 12.7. The van der Waals surface area contributed by atoms with Crippen LogP contribution in [0.15, 0.2) is 42.5 Å². The number of halogens is 1. The lowest BCUT2D eigenvalue weighted by Crippen LogP contribution is -2.47. The van der Waals surface area contributed by atoms with Crippen molar-refractivity contribution in [3.05, 3.63) is 58.6 Å². The first-order valence-electron chi connectivity index (χ1n) is 9.75. The highest BCUT2D eigenvalue weighted by Crippen LogP contribution is 2.24. The number of anilines is 1. The number of piperazine rings is 1. The number of aryl methyl sites for hydroxylation is 1. The lowest BCUT2D eigenvalue weighted by atomic mass is 10.1. The van der Waals surface area contributed by atoms with Crippen LogP contribution in [0.3, 0.4) is 0 Å². The normalized spacial score (nSPS) is 14.5. The summed E-state index contributed by atoms with van der Waals surface area (Å²) in [6.07, 6.45) is 0.947. The SMILES string of the molecule is CCc1ccc(OCC(=O)Nc2cc(C(=O)N3CCN(C)CC3)ccc2Cl)cc1. The number of hydrogen-bond donors (Lipinski definition) is 1. The molecule has 0 saturated carbocycles. The number of ether oxygens (including phenoxy) is 1. The largest absolute Gasteiger partial charge is 0.484 e. The van der Waals surface area contributed by atoms with Gasteiger partial charge in [0.25, 0.3) is 11.8 Å². The van der Waals surface area contributed by atoms with Crippen molar-refractivity contribution in [2.24, 2.45) is 0 Å². The second-order valence-corrected chi connectivity index (χ2v) is 7.53. The van der Waals surface area contributed by atoms with Gasteiger partial charge in [-0.05, 0) is 49.4 Å². The number of nitrogens with zero attached hydrogens (tertiary/aromatic N) is 2. The van der Waals surface area contributed by atoms with Crippen LogP contribution in [0.5, 0.6) is 5.75 Å². The Morgan fingerprint density at radius 3 is 2.41 bits per heavy atom. The van der Waals surface area contributed by atoms with Gasteiger partial charge in [0, 0.05) is 31.7 Å². The number of carbonyl (C=O) groups excluding carboxylic acids is 2. The second-order valence-electron chi connectivity index (χ2n) is 7.12. The third kappa shape index (κ3) is 5.71. The van der Waals surface area contributed by atoms with Crippen LogP contribution in [0.1, 0.15) is 22.8 Å². The molecule has 0 atom stereocenters. The van der Waals surface area contributed by atoms with Crippen LogP contribution in [-0.2, 0) is 11.2 Å². The fourth-order valence-electron chi connectivity index (χ4n) is 3.10. The summed E-state index contributed by atoms with van der Waals surface area (Å²) in [6, 6.07) is 12.6. The third-order valence-corrected chi connectivity index (χ3v) is 5.31. The molecule has 2 aromatic carbocycles. The van der Waals surface area contributed by atoms with Gasteiger partial charge in [0.05, 0.1) is 10.7 Å². The van der Waals surface area contributed by atoms with E-state index in [1.165, 1.54) is 5.56 Å². The quantitative estimate of drug-likeness (QED) is 0.786. The number of likely N-dealkylation sites (N-methyl/N-ethyl adjacent to an activating group) is 1. The Hall–Kier alpha value is -2.57. The smallest absolute Gasteiger partial charge is 0.262 e. The van der Waals surface area contributed by atoms with Gasteiger partial charge in [-0.2, -0.15) is 0 Å². The molecule has 0 aliphatic carbocycles. The van der Waals surface area contributed by atoms with Crippen LogP contribution in [-0.4, -0.2) is 61.4 Å². The van der Waals surface area contributed by atoms with Gasteiger partial charge in [-0.15, -0.1) is 0 Å². The average Bonchev–Trinajstić information content (AvgIpc) is 2.74. The molecule has 0 spiro atoms. The third-order valence-electron chi connectivity index (χ3n) is 4.98. The summed E-state index contributed by atoms with van der Waals surface area (Å²) in [6.45, 7) is 5.00. The van der Waals surface area contributed by atoms with E-state index >= 15 is 0 Å². The molecule has 6 nitrogen and oxygen atoms in total. The Labute approximate surface area is 176 Å². The van der Waals surface area contributed by atoms with Crippen molar-refractivity contribution in [1.29, 1.82) is 0 Å². The molecule has 1 fully saturated rings. The number of carbonyl (C=O) groups is 2. The van der Waals surface area contributed by atoms with Crippen molar-refractivity contribution in [2.45, 2.75) is 13.3 Å². The predicted octanol–water partition coefficient (Wildman–Crippen LogP) is 3.31. The van der Waals surface area contributed by atoms with Crippen LogP contribution in [0.2, 0.25) is 5.02 Å². The van der Waals surface area contributed by atoms with E-state index in [-0.39, 0.29) is 18.4 Å². The van der Waals surface area contributed by atoms with Gasteiger partial charge in [-0.1, -0.05) is 30.7 Å². The molecule has 1 heterocycles. The number of hydrogen-bond acceptors (Lipinski definition) is 4. The summed E-state index contributed by atoms with van der Waals surface area (Å²) < 4.78 is 5.53. The summed E-state index contributed by atoms with van der Waals surface area (Å²) in [5, 5.41) is 3.11. The summed E-state index contributed by atoms with van der Waals surface area (Å²) in [5.41, 5.74) is 2.11. The van der Waals surface area contributed by atoms with Crippen molar-refractivity contribution in [1.82, 2.24) is 9.80 Å². The van der Waals surface area contributed by atoms with Gasteiger partial charge >= 0.3 is 0 Å². The first-order chi connectivity index (χ1) is 14.0. The molecular weight excluding hydrogens is 390 g/mol. The molecule has 2 amide bonds. The van der Waals surface area contributed by atoms with E-state index < -0.39 is 0 Å². The minimum Gasteiger partial charge on any atom is -0.484 e. The van der Waals surface area contributed by atoms with Gasteiger partial charge in [0.1, 0.15) is 5.75 Å². The molecule has 1 N–H and O–H groups in total. The minimum absolute atomic E-state index is 0.0578. The van der Waals surface area contributed by atoms with Crippen molar-refractivity contribution >= 4 is 29.1 Å².